The average Bonchev–Trinajstić information content (AvgIpc) is 2.17. The smallest absolute Gasteiger partial charge is 0.159 e. The highest BCUT2D eigenvalue weighted by Crippen LogP contribution is 2.12. The van der Waals surface area contributed by atoms with Crippen LogP contribution in [0, 0.1) is 0 Å². The lowest BCUT2D eigenvalue weighted by Gasteiger charge is -2.05. The second-order valence-corrected chi connectivity index (χ2v) is 3.50. The molecule has 0 unspecified atom stereocenters. The van der Waals surface area contributed by atoms with E-state index in [4.69, 9.17) is 5.11 Å². The lowest BCUT2D eigenvalue weighted by molar-refractivity contribution is 0.101. The van der Waals surface area contributed by atoms with E-state index in [0.717, 1.165) is 5.56 Å². The summed E-state index contributed by atoms with van der Waals surface area (Å²) in [7, 11) is 0. The van der Waals surface area contributed by atoms with Gasteiger partial charge in [-0.25, -0.2) is 0 Å². The van der Waals surface area contributed by atoms with Crippen LogP contribution in [0.5, 0.6) is 0 Å². The van der Waals surface area contributed by atoms with Crippen molar-refractivity contribution in [3.05, 3.63) is 34.9 Å². The van der Waals surface area contributed by atoms with Crippen molar-refractivity contribution in [3.8, 4) is 0 Å². The molecule has 0 bridgehead atoms. The summed E-state index contributed by atoms with van der Waals surface area (Å²) in [4.78, 5) is 22.4. The standard InChI is InChI=1S/C12H14O3/c1-8(14)11-5-10(3-4-13)6-12(7-11)9(2)15/h5-7,13H,3-4H2,1-2H3. The van der Waals surface area contributed by atoms with E-state index in [-0.39, 0.29) is 18.2 Å². The molecule has 0 saturated carbocycles. The Balaban J connectivity index is 3.19. The Bertz CT molecular complexity index is 362. The number of rotatable bonds is 4. The molecule has 80 valence electrons. The third kappa shape index (κ3) is 2.99. The summed E-state index contributed by atoms with van der Waals surface area (Å²) in [5.74, 6) is -0.144. The van der Waals surface area contributed by atoms with E-state index in [1.807, 2.05) is 0 Å². The third-order valence-corrected chi connectivity index (χ3v) is 2.21. The summed E-state index contributed by atoms with van der Waals surface area (Å²) < 4.78 is 0. The number of carbonyl (C=O) groups excluding carboxylic acids is 2. The second kappa shape index (κ2) is 4.84. The summed E-state index contributed by atoms with van der Waals surface area (Å²) >= 11 is 0. The molecule has 1 rings (SSSR count). The highest BCUT2D eigenvalue weighted by molar-refractivity contribution is 5.99. The van der Waals surface area contributed by atoms with Crippen molar-refractivity contribution in [2.45, 2.75) is 20.3 Å². The molecule has 0 heterocycles. The fraction of sp³-hybridized carbons (Fsp3) is 0.333. The van der Waals surface area contributed by atoms with Crippen LogP contribution in [0.3, 0.4) is 0 Å². The van der Waals surface area contributed by atoms with Gasteiger partial charge in [-0.15, -0.1) is 0 Å². The minimum atomic E-state index is -0.0720. The average molecular weight is 206 g/mol. The van der Waals surface area contributed by atoms with Gasteiger partial charge in [0.15, 0.2) is 11.6 Å². The molecule has 1 N–H and O–H groups in total. The topological polar surface area (TPSA) is 54.4 Å². The van der Waals surface area contributed by atoms with Crippen molar-refractivity contribution >= 4 is 11.6 Å². The van der Waals surface area contributed by atoms with E-state index in [2.05, 4.69) is 0 Å². The normalized spacial score (nSPS) is 10.1. The lowest BCUT2D eigenvalue weighted by atomic mass is 10.00. The first-order chi connectivity index (χ1) is 7.04. The van der Waals surface area contributed by atoms with Gasteiger partial charge in [-0.1, -0.05) is 0 Å². The largest absolute Gasteiger partial charge is 0.396 e. The van der Waals surface area contributed by atoms with Crippen molar-refractivity contribution in [2.24, 2.45) is 0 Å². The minimum absolute atomic E-state index is 0.0126. The van der Waals surface area contributed by atoms with Gasteiger partial charge in [-0.05, 0) is 44.0 Å². The molecule has 0 saturated heterocycles. The molecule has 1 aromatic carbocycles. The van der Waals surface area contributed by atoms with Crippen LogP contribution in [-0.2, 0) is 6.42 Å². The van der Waals surface area contributed by atoms with E-state index in [9.17, 15) is 9.59 Å². The Hall–Kier alpha value is -1.48. The molecular weight excluding hydrogens is 192 g/mol. The lowest BCUT2D eigenvalue weighted by Crippen LogP contribution is -2.02. The number of aliphatic hydroxyl groups excluding tert-OH is 1. The molecule has 0 aliphatic heterocycles. The summed E-state index contributed by atoms with van der Waals surface area (Å²) in [5.41, 5.74) is 1.85. The molecule has 15 heavy (non-hydrogen) atoms. The Kier molecular flexibility index (Phi) is 3.74. The van der Waals surface area contributed by atoms with Gasteiger partial charge in [-0.3, -0.25) is 9.59 Å². The minimum Gasteiger partial charge on any atom is -0.396 e. The van der Waals surface area contributed by atoms with Gasteiger partial charge in [0, 0.05) is 17.7 Å². The van der Waals surface area contributed by atoms with E-state index < -0.39 is 0 Å². The number of hydrogen-bond donors (Lipinski definition) is 1. The fourth-order valence-electron chi connectivity index (χ4n) is 1.37. The quantitative estimate of drug-likeness (QED) is 0.762. The zero-order valence-electron chi connectivity index (χ0n) is 8.91. The molecule has 0 amide bonds. The van der Waals surface area contributed by atoms with E-state index in [0.29, 0.717) is 17.5 Å². The number of hydrogen-bond acceptors (Lipinski definition) is 3. The molecule has 0 atom stereocenters. The van der Waals surface area contributed by atoms with E-state index in [1.54, 1.807) is 18.2 Å². The van der Waals surface area contributed by atoms with Gasteiger partial charge in [0.25, 0.3) is 0 Å². The molecule has 3 nitrogen and oxygen atoms in total. The molecular formula is C12H14O3. The first-order valence-electron chi connectivity index (χ1n) is 4.81. The Morgan fingerprint density at radius 3 is 1.87 bits per heavy atom. The van der Waals surface area contributed by atoms with Gasteiger partial charge >= 0.3 is 0 Å². The van der Waals surface area contributed by atoms with Gasteiger partial charge < -0.3 is 5.11 Å². The second-order valence-electron chi connectivity index (χ2n) is 3.50. The SMILES string of the molecule is CC(=O)c1cc(CCO)cc(C(C)=O)c1. The van der Waals surface area contributed by atoms with E-state index >= 15 is 0 Å². The molecule has 1 aromatic rings. The zero-order chi connectivity index (χ0) is 11.4. The van der Waals surface area contributed by atoms with Gasteiger partial charge in [0.1, 0.15) is 0 Å². The number of Topliss-reactive ketones (excluding diaryl/α,β-unsaturated/α-hetero) is 2. The first-order valence-corrected chi connectivity index (χ1v) is 4.81. The highest BCUT2D eigenvalue weighted by atomic mass is 16.3. The summed E-state index contributed by atoms with van der Waals surface area (Å²) in [5, 5.41) is 8.81. The molecule has 0 fully saturated rings. The van der Waals surface area contributed by atoms with Crippen LogP contribution >= 0.6 is 0 Å². The summed E-state index contributed by atoms with van der Waals surface area (Å²) in [6.07, 6.45) is 0.460. The van der Waals surface area contributed by atoms with Crippen LogP contribution in [0.15, 0.2) is 18.2 Å². The molecule has 0 aromatic heterocycles. The van der Waals surface area contributed by atoms with Crippen LogP contribution in [-0.4, -0.2) is 23.3 Å². The third-order valence-electron chi connectivity index (χ3n) is 2.21. The fourth-order valence-corrected chi connectivity index (χ4v) is 1.37. The maximum Gasteiger partial charge on any atom is 0.159 e. The highest BCUT2D eigenvalue weighted by Gasteiger charge is 2.07. The van der Waals surface area contributed by atoms with Crippen LogP contribution in [0.2, 0.25) is 0 Å². The molecule has 0 radical (unpaired) electrons. The van der Waals surface area contributed by atoms with Crippen LogP contribution in [0.25, 0.3) is 0 Å². The van der Waals surface area contributed by atoms with Crippen molar-refractivity contribution in [1.82, 2.24) is 0 Å². The summed E-state index contributed by atoms with van der Waals surface area (Å²) in [6.45, 7) is 2.93. The predicted molar refractivity (Wildman–Crippen MR) is 57.2 cm³/mol. The van der Waals surface area contributed by atoms with Crippen LogP contribution < -0.4 is 0 Å². The number of ketones is 2. The van der Waals surface area contributed by atoms with Crippen LogP contribution in [0.1, 0.15) is 40.1 Å². The molecule has 0 aliphatic rings. The van der Waals surface area contributed by atoms with Gasteiger partial charge in [0.2, 0.25) is 0 Å². The molecule has 0 spiro atoms. The molecule has 0 aliphatic carbocycles. The summed E-state index contributed by atoms with van der Waals surface area (Å²) in [6, 6.07) is 5.02. The first kappa shape index (κ1) is 11.6. The van der Waals surface area contributed by atoms with Crippen molar-refractivity contribution in [2.75, 3.05) is 6.61 Å². The maximum absolute atomic E-state index is 11.2. The Morgan fingerprint density at radius 1 is 1.07 bits per heavy atom. The Labute approximate surface area is 88.7 Å². The van der Waals surface area contributed by atoms with Gasteiger partial charge in [-0.2, -0.15) is 0 Å². The van der Waals surface area contributed by atoms with E-state index in [1.165, 1.54) is 13.8 Å². The zero-order valence-corrected chi connectivity index (χ0v) is 8.91. The van der Waals surface area contributed by atoms with Crippen molar-refractivity contribution in [1.29, 1.82) is 0 Å². The van der Waals surface area contributed by atoms with Crippen molar-refractivity contribution < 1.29 is 14.7 Å². The predicted octanol–water partition coefficient (Wildman–Crippen LogP) is 1.63. The number of benzene rings is 1. The Morgan fingerprint density at radius 2 is 1.53 bits per heavy atom. The van der Waals surface area contributed by atoms with Crippen LogP contribution in [0.4, 0.5) is 0 Å². The number of aliphatic hydroxyl groups is 1. The molecule has 3 heteroatoms. The number of carbonyl (C=O) groups is 2. The van der Waals surface area contributed by atoms with Gasteiger partial charge in [0.05, 0.1) is 0 Å². The van der Waals surface area contributed by atoms with Crippen molar-refractivity contribution in [3.63, 3.8) is 0 Å². The maximum atomic E-state index is 11.2. The monoisotopic (exact) mass is 206 g/mol.